The Hall–Kier alpha value is -1.79. The first-order chi connectivity index (χ1) is 10.7. The molecule has 1 aliphatic heterocycles. The Bertz CT molecular complexity index is 521. The van der Waals surface area contributed by atoms with Gasteiger partial charge in [0.1, 0.15) is 0 Å². The number of urea groups is 1. The zero-order valence-corrected chi connectivity index (χ0v) is 13.3. The zero-order chi connectivity index (χ0) is 15.8. The number of carbonyl (C=O) groups excluding carboxylic acids is 2. The monoisotopic (exact) mass is 319 g/mol. The third kappa shape index (κ3) is 4.89. The van der Waals surface area contributed by atoms with Gasteiger partial charge in [-0.3, -0.25) is 15.0 Å². The molecule has 1 aliphatic rings. The number of hydrogen-bond donors (Lipinski definition) is 2. The molecule has 1 unspecified atom stereocenters. The topological polar surface area (TPSA) is 61.4 Å². The van der Waals surface area contributed by atoms with Gasteiger partial charge in [-0.25, -0.2) is 4.79 Å². The predicted octanol–water partition coefficient (Wildman–Crippen LogP) is 1.79. The van der Waals surface area contributed by atoms with Gasteiger partial charge in [0.25, 0.3) is 0 Å². The molecule has 118 valence electrons. The van der Waals surface area contributed by atoms with Crippen molar-refractivity contribution in [1.82, 2.24) is 15.5 Å². The number of nitrogens with one attached hydrogen (secondary N) is 2. The summed E-state index contributed by atoms with van der Waals surface area (Å²) in [5.74, 6) is 1.67. The quantitative estimate of drug-likeness (QED) is 0.812. The Kier molecular flexibility index (Phi) is 6.48. The second kappa shape index (κ2) is 8.60. The van der Waals surface area contributed by atoms with Crippen molar-refractivity contribution < 1.29 is 9.59 Å². The summed E-state index contributed by atoms with van der Waals surface area (Å²) in [7, 11) is 0. The molecular weight excluding hydrogens is 298 g/mol. The Morgan fingerprint density at radius 2 is 2.14 bits per heavy atom. The maximum absolute atomic E-state index is 12.0. The van der Waals surface area contributed by atoms with Crippen LogP contribution in [0.15, 0.2) is 43.0 Å². The summed E-state index contributed by atoms with van der Waals surface area (Å²) in [4.78, 5) is 25.6. The molecular formula is C16H21N3O2S. The van der Waals surface area contributed by atoms with Crippen LogP contribution in [0, 0.1) is 0 Å². The molecule has 0 bridgehead atoms. The number of amides is 3. The second-order valence-electron chi connectivity index (χ2n) is 5.02. The largest absolute Gasteiger partial charge is 0.334 e. The van der Waals surface area contributed by atoms with E-state index >= 15 is 0 Å². The van der Waals surface area contributed by atoms with Gasteiger partial charge in [0.2, 0.25) is 5.91 Å². The first-order valence-electron chi connectivity index (χ1n) is 7.26. The number of benzene rings is 1. The predicted molar refractivity (Wildman–Crippen MR) is 89.8 cm³/mol. The molecule has 2 rings (SSSR count). The van der Waals surface area contributed by atoms with E-state index in [1.807, 2.05) is 30.0 Å². The van der Waals surface area contributed by atoms with Crippen molar-refractivity contribution in [2.24, 2.45) is 0 Å². The van der Waals surface area contributed by atoms with Crippen molar-refractivity contribution in [3.05, 3.63) is 48.6 Å². The third-order valence-corrected chi connectivity index (χ3v) is 4.45. The van der Waals surface area contributed by atoms with Crippen molar-refractivity contribution in [1.29, 1.82) is 0 Å². The van der Waals surface area contributed by atoms with Gasteiger partial charge < -0.3 is 5.32 Å². The fourth-order valence-electron chi connectivity index (χ4n) is 2.37. The molecule has 22 heavy (non-hydrogen) atoms. The number of rotatable bonds is 5. The minimum atomic E-state index is -0.479. The standard InChI is InChI=1S/C16H21N3O2S/c1-2-8-17-16(21)18-15(20)11-19-9-10-22-12-14(19)13-6-4-3-5-7-13/h2-7,14H,1,8-12H2,(H2,17,18,20,21). The van der Waals surface area contributed by atoms with Gasteiger partial charge in [0, 0.05) is 30.6 Å². The summed E-state index contributed by atoms with van der Waals surface area (Å²) in [5.41, 5.74) is 1.21. The minimum absolute atomic E-state index is 0.210. The van der Waals surface area contributed by atoms with Crippen LogP contribution < -0.4 is 10.6 Å². The molecule has 0 aliphatic carbocycles. The Balaban J connectivity index is 1.92. The van der Waals surface area contributed by atoms with Crippen molar-refractivity contribution in [3.8, 4) is 0 Å². The molecule has 0 saturated carbocycles. The lowest BCUT2D eigenvalue weighted by Crippen LogP contribution is -2.47. The molecule has 1 aromatic carbocycles. The lowest BCUT2D eigenvalue weighted by atomic mass is 10.1. The van der Waals surface area contributed by atoms with E-state index in [9.17, 15) is 9.59 Å². The van der Waals surface area contributed by atoms with Crippen LogP contribution in [0.3, 0.4) is 0 Å². The first kappa shape index (κ1) is 16.6. The Morgan fingerprint density at radius 1 is 1.36 bits per heavy atom. The van der Waals surface area contributed by atoms with Gasteiger partial charge in [-0.15, -0.1) is 6.58 Å². The van der Waals surface area contributed by atoms with E-state index in [1.165, 1.54) is 5.56 Å². The Labute approximate surface area is 135 Å². The highest BCUT2D eigenvalue weighted by Gasteiger charge is 2.26. The zero-order valence-electron chi connectivity index (χ0n) is 12.5. The van der Waals surface area contributed by atoms with Crippen LogP contribution in [0.25, 0.3) is 0 Å². The molecule has 0 radical (unpaired) electrons. The highest BCUT2D eigenvalue weighted by molar-refractivity contribution is 7.99. The van der Waals surface area contributed by atoms with Gasteiger partial charge in [-0.05, 0) is 5.56 Å². The van der Waals surface area contributed by atoms with Crippen LogP contribution in [-0.4, -0.2) is 48.0 Å². The molecule has 2 N–H and O–H groups in total. The fourth-order valence-corrected chi connectivity index (χ4v) is 3.53. The highest BCUT2D eigenvalue weighted by atomic mass is 32.2. The maximum atomic E-state index is 12.0. The van der Waals surface area contributed by atoms with Crippen molar-refractivity contribution in [2.75, 3.05) is 31.1 Å². The molecule has 1 heterocycles. The van der Waals surface area contributed by atoms with Gasteiger partial charge in [-0.1, -0.05) is 36.4 Å². The third-order valence-electron chi connectivity index (χ3n) is 3.43. The summed E-state index contributed by atoms with van der Waals surface area (Å²) in [6.45, 7) is 4.91. The van der Waals surface area contributed by atoms with Crippen molar-refractivity contribution in [3.63, 3.8) is 0 Å². The lowest BCUT2D eigenvalue weighted by Gasteiger charge is -2.35. The van der Waals surface area contributed by atoms with Crippen molar-refractivity contribution in [2.45, 2.75) is 6.04 Å². The van der Waals surface area contributed by atoms with Crippen LogP contribution in [0.2, 0.25) is 0 Å². The van der Waals surface area contributed by atoms with E-state index in [0.717, 1.165) is 18.1 Å². The van der Waals surface area contributed by atoms with Crippen molar-refractivity contribution >= 4 is 23.7 Å². The number of imide groups is 1. The average molecular weight is 319 g/mol. The number of hydrogen-bond acceptors (Lipinski definition) is 4. The molecule has 5 nitrogen and oxygen atoms in total. The van der Waals surface area contributed by atoms with Gasteiger partial charge in [0.05, 0.1) is 6.54 Å². The maximum Gasteiger partial charge on any atom is 0.321 e. The van der Waals surface area contributed by atoms with Gasteiger partial charge >= 0.3 is 6.03 Å². The summed E-state index contributed by atoms with van der Waals surface area (Å²) in [5, 5.41) is 4.88. The number of thioether (sulfide) groups is 1. The fraction of sp³-hybridized carbons (Fsp3) is 0.375. The van der Waals surface area contributed by atoms with E-state index in [4.69, 9.17) is 0 Å². The molecule has 1 fully saturated rings. The van der Waals surface area contributed by atoms with E-state index in [1.54, 1.807) is 6.08 Å². The molecule has 3 amide bonds. The molecule has 1 atom stereocenters. The second-order valence-corrected chi connectivity index (χ2v) is 6.17. The lowest BCUT2D eigenvalue weighted by molar-refractivity contribution is -0.121. The highest BCUT2D eigenvalue weighted by Crippen LogP contribution is 2.28. The average Bonchev–Trinajstić information content (AvgIpc) is 2.54. The van der Waals surface area contributed by atoms with E-state index in [2.05, 4.69) is 34.2 Å². The van der Waals surface area contributed by atoms with Gasteiger partial charge in [-0.2, -0.15) is 11.8 Å². The van der Waals surface area contributed by atoms with Crippen LogP contribution in [0.4, 0.5) is 4.79 Å². The summed E-state index contributed by atoms with van der Waals surface area (Å²) < 4.78 is 0. The number of nitrogens with zero attached hydrogens (tertiary/aromatic N) is 1. The molecule has 1 saturated heterocycles. The first-order valence-corrected chi connectivity index (χ1v) is 8.41. The van der Waals surface area contributed by atoms with Crippen LogP contribution in [0.5, 0.6) is 0 Å². The molecule has 6 heteroatoms. The summed E-state index contributed by atoms with van der Waals surface area (Å²) >= 11 is 1.89. The van der Waals surface area contributed by atoms with Crippen LogP contribution in [-0.2, 0) is 4.79 Å². The van der Waals surface area contributed by atoms with Gasteiger partial charge in [0.15, 0.2) is 0 Å². The minimum Gasteiger partial charge on any atom is -0.334 e. The van der Waals surface area contributed by atoms with E-state index < -0.39 is 6.03 Å². The number of carbonyl (C=O) groups is 2. The smallest absolute Gasteiger partial charge is 0.321 e. The molecule has 1 aromatic rings. The van der Waals surface area contributed by atoms with Crippen LogP contribution >= 0.6 is 11.8 Å². The molecule has 0 spiro atoms. The normalized spacial score (nSPS) is 18.5. The van der Waals surface area contributed by atoms with Crippen LogP contribution in [0.1, 0.15) is 11.6 Å². The SMILES string of the molecule is C=CCNC(=O)NC(=O)CN1CCSCC1c1ccccc1. The van der Waals surface area contributed by atoms with E-state index in [-0.39, 0.29) is 18.5 Å². The Morgan fingerprint density at radius 3 is 2.86 bits per heavy atom. The summed E-state index contributed by atoms with van der Waals surface area (Å²) in [6, 6.07) is 9.90. The summed E-state index contributed by atoms with van der Waals surface area (Å²) in [6.07, 6.45) is 1.57. The molecule has 0 aromatic heterocycles. The van der Waals surface area contributed by atoms with E-state index in [0.29, 0.717) is 6.54 Å².